The second-order valence-corrected chi connectivity index (χ2v) is 3.91. The van der Waals surface area contributed by atoms with Gasteiger partial charge in [0.25, 0.3) is 0 Å². The van der Waals surface area contributed by atoms with Gasteiger partial charge in [0.1, 0.15) is 0 Å². The first kappa shape index (κ1) is 11.8. The predicted molar refractivity (Wildman–Crippen MR) is 56.6 cm³/mol. The van der Waals surface area contributed by atoms with Gasteiger partial charge in [-0.3, -0.25) is 4.79 Å². The van der Waals surface area contributed by atoms with Gasteiger partial charge in [0.2, 0.25) is 0 Å². The molecule has 1 amide bonds. The van der Waals surface area contributed by atoms with Crippen LogP contribution in [0.4, 0.5) is 18.9 Å². The zero-order valence-electron chi connectivity index (χ0n) is 8.84. The zero-order valence-corrected chi connectivity index (χ0v) is 8.84. The largest absolute Gasteiger partial charge is 0.471 e. The highest BCUT2D eigenvalue weighted by Gasteiger charge is 2.40. The highest BCUT2D eigenvalue weighted by atomic mass is 19.4. The minimum atomic E-state index is -4.82. The SMILES string of the molecule is O=C(NC1CNc2ccccc2C1)C(F)(F)F. The van der Waals surface area contributed by atoms with Gasteiger partial charge in [-0.15, -0.1) is 0 Å². The van der Waals surface area contributed by atoms with Crippen LogP contribution in [0.15, 0.2) is 24.3 Å². The average Bonchev–Trinajstić information content (AvgIpc) is 2.27. The molecular formula is C11H11F3N2O. The summed E-state index contributed by atoms with van der Waals surface area (Å²) in [6.45, 7) is 0.304. The van der Waals surface area contributed by atoms with Crippen molar-refractivity contribution in [2.45, 2.75) is 18.6 Å². The summed E-state index contributed by atoms with van der Waals surface area (Å²) in [6, 6.07) is 6.82. The smallest absolute Gasteiger partial charge is 0.383 e. The Labute approximate surface area is 96.0 Å². The highest BCUT2D eigenvalue weighted by Crippen LogP contribution is 2.22. The maximum atomic E-state index is 12.1. The maximum Gasteiger partial charge on any atom is 0.471 e. The third-order valence-electron chi connectivity index (χ3n) is 2.62. The first-order chi connectivity index (χ1) is 7.97. The average molecular weight is 244 g/mol. The quantitative estimate of drug-likeness (QED) is 0.789. The lowest BCUT2D eigenvalue weighted by atomic mass is 10.00. The molecule has 1 aliphatic rings. The Bertz CT molecular complexity index is 431. The summed E-state index contributed by atoms with van der Waals surface area (Å²) >= 11 is 0. The van der Waals surface area contributed by atoms with E-state index in [0.29, 0.717) is 13.0 Å². The highest BCUT2D eigenvalue weighted by molar-refractivity contribution is 5.82. The van der Waals surface area contributed by atoms with E-state index < -0.39 is 18.1 Å². The summed E-state index contributed by atoms with van der Waals surface area (Å²) in [6.07, 6.45) is -4.41. The van der Waals surface area contributed by atoms with Crippen molar-refractivity contribution in [1.29, 1.82) is 0 Å². The van der Waals surface area contributed by atoms with Gasteiger partial charge >= 0.3 is 12.1 Å². The van der Waals surface area contributed by atoms with Crippen molar-refractivity contribution >= 4 is 11.6 Å². The topological polar surface area (TPSA) is 41.1 Å². The summed E-state index contributed by atoms with van der Waals surface area (Å²) in [5.41, 5.74) is 1.82. The molecule has 2 N–H and O–H groups in total. The van der Waals surface area contributed by atoms with E-state index in [1.165, 1.54) is 0 Å². The lowest BCUT2D eigenvalue weighted by Gasteiger charge is -2.27. The predicted octanol–water partition coefficient (Wildman–Crippen LogP) is 1.70. The molecule has 3 nitrogen and oxygen atoms in total. The van der Waals surface area contributed by atoms with Crippen LogP contribution in [0, 0.1) is 0 Å². The van der Waals surface area contributed by atoms with Gasteiger partial charge in [-0.05, 0) is 18.1 Å². The molecule has 1 aromatic rings. The van der Waals surface area contributed by atoms with E-state index in [9.17, 15) is 18.0 Å². The second-order valence-electron chi connectivity index (χ2n) is 3.91. The molecule has 0 saturated carbocycles. The third kappa shape index (κ3) is 2.69. The summed E-state index contributed by atoms with van der Waals surface area (Å²) in [5, 5.41) is 4.96. The number of para-hydroxylation sites is 1. The number of alkyl halides is 3. The van der Waals surface area contributed by atoms with Crippen molar-refractivity contribution in [1.82, 2.24) is 5.32 Å². The van der Waals surface area contributed by atoms with Crippen LogP contribution >= 0.6 is 0 Å². The molecule has 17 heavy (non-hydrogen) atoms. The van der Waals surface area contributed by atoms with Crippen LogP contribution in [0.25, 0.3) is 0 Å². The molecule has 1 unspecified atom stereocenters. The Balaban J connectivity index is 2.01. The van der Waals surface area contributed by atoms with Gasteiger partial charge in [0.05, 0.1) is 6.04 Å². The molecule has 0 aliphatic carbocycles. The molecule has 1 aliphatic heterocycles. The van der Waals surface area contributed by atoms with Crippen LogP contribution in [0.5, 0.6) is 0 Å². The maximum absolute atomic E-state index is 12.1. The molecule has 0 bridgehead atoms. The minimum Gasteiger partial charge on any atom is -0.383 e. The van der Waals surface area contributed by atoms with Gasteiger partial charge in [-0.1, -0.05) is 18.2 Å². The van der Waals surface area contributed by atoms with Gasteiger partial charge in [-0.2, -0.15) is 13.2 Å². The number of benzene rings is 1. The van der Waals surface area contributed by atoms with E-state index >= 15 is 0 Å². The molecule has 1 heterocycles. The van der Waals surface area contributed by atoms with Crippen molar-refractivity contribution in [3.05, 3.63) is 29.8 Å². The van der Waals surface area contributed by atoms with Gasteiger partial charge in [-0.25, -0.2) is 0 Å². The molecule has 0 fully saturated rings. The van der Waals surface area contributed by atoms with E-state index in [1.807, 2.05) is 29.6 Å². The van der Waals surface area contributed by atoms with E-state index in [4.69, 9.17) is 0 Å². The van der Waals surface area contributed by atoms with Crippen LogP contribution in [0.3, 0.4) is 0 Å². The van der Waals surface area contributed by atoms with E-state index in [0.717, 1.165) is 11.3 Å². The Hall–Kier alpha value is -1.72. The number of amides is 1. The molecule has 0 spiro atoms. The summed E-state index contributed by atoms with van der Waals surface area (Å²) in [7, 11) is 0. The molecule has 0 radical (unpaired) electrons. The van der Waals surface area contributed by atoms with Crippen LogP contribution in [-0.4, -0.2) is 24.7 Å². The summed E-state index contributed by atoms with van der Waals surface area (Å²) in [4.78, 5) is 10.8. The first-order valence-corrected chi connectivity index (χ1v) is 5.16. The molecule has 0 aromatic heterocycles. The number of hydrogen-bond donors (Lipinski definition) is 2. The molecule has 6 heteroatoms. The fourth-order valence-corrected chi connectivity index (χ4v) is 1.81. The number of hydrogen-bond acceptors (Lipinski definition) is 2. The molecule has 1 aromatic carbocycles. The lowest BCUT2D eigenvalue weighted by molar-refractivity contribution is -0.174. The van der Waals surface area contributed by atoms with Crippen molar-refractivity contribution in [3.63, 3.8) is 0 Å². The van der Waals surface area contributed by atoms with Crippen molar-refractivity contribution in [2.24, 2.45) is 0 Å². The van der Waals surface area contributed by atoms with Crippen molar-refractivity contribution in [3.8, 4) is 0 Å². The normalized spacial score (nSPS) is 19.1. The molecule has 1 atom stereocenters. The van der Waals surface area contributed by atoms with Crippen LogP contribution in [0.2, 0.25) is 0 Å². The number of carbonyl (C=O) groups is 1. The Kier molecular flexibility index (Phi) is 2.95. The standard InChI is InChI=1S/C11H11F3N2O/c12-11(13,14)10(17)16-8-5-7-3-1-2-4-9(7)15-6-8/h1-4,8,15H,5-6H2,(H,16,17). The third-order valence-corrected chi connectivity index (χ3v) is 2.62. The van der Waals surface area contributed by atoms with E-state index in [1.54, 1.807) is 0 Å². The fourth-order valence-electron chi connectivity index (χ4n) is 1.81. The minimum absolute atomic E-state index is 0.304. The van der Waals surface area contributed by atoms with E-state index in [-0.39, 0.29) is 0 Å². The summed E-state index contributed by atoms with van der Waals surface area (Å²) in [5.74, 6) is -1.89. The summed E-state index contributed by atoms with van der Waals surface area (Å²) < 4.78 is 36.2. The molecule has 2 rings (SSSR count). The molecule has 0 saturated heterocycles. The zero-order chi connectivity index (χ0) is 12.5. The van der Waals surface area contributed by atoms with Gasteiger partial charge in [0.15, 0.2) is 0 Å². The Morgan fingerprint density at radius 2 is 2.06 bits per heavy atom. The number of halogens is 3. The monoisotopic (exact) mass is 244 g/mol. The van der Waals surface area contributed by atoms with Crippen molar-refractivity contribution in [2.75, 3.05) is 11.9 Å². The molecular weight excluding hydrogens is 233 g/mol. The van der Waals surface area contributed by atoms with Crippen LogP contribution in [0.1, 0.15) is 5.56 Å². The van der Waals surface area contributed by atoms with Crippen LogP contribution in [-0.2, 0) is 11.2 Å². The van der Waals surface area contributed by atoms with E-state index in [2.05, 4.69) is 5.32 Å². The number of anilines is 1. The van der Waals surface area contributed by atoms with Gasteiger partial charge in [0, 0.05) is 12.2 Å². The number of rotatable bonds is 1. The van der Waals surface area contributed by atoms with Crippen molar-refractivity contribution < 1.29 is 18.0 Å². The number of fused-ring (bicyclic) bond motifs is 1. The second kappa shape index (κ2) is 4.27. The van der Waals surface area contributed by atoms with Crippen LogP contribution < -0.4 is 10.6 Å². The molecule has 92 valence electrons. The Morgan fingerprint density at radius 3 is 2.76 bits per heavy atom. The van der Waals surface area contributed by atoms with Gasteiger partial charge < -0.3 is 10.6 Å². The lowest BCUT2D eigenvalue weighted by Crippen LogP contribution is -2.48. The number of carbonyl (C=O) groups excluding carboxylic acids is 1. The first-order valence-electron chi connectivity index (χ1n) is 5.16. The number of nitrogens with one attached hydrogen (secondary N) is 2. The fraction of sp³-hybridized carbons (Fsp3) is 0.364. The Morgan fingerprint density at radius 1 is 1.35 bits per heavy atom.